The summed E-state index contributed by atoms with van der Waals surface area (Å²) >= 11 is 8.30. The Morgan fingerprint density at radius 3 is 2.70 bits per heavy atom. The van der Waals surface area contributed by atoms with Crippen LogP contribution in [0.5, 0.6) is 0 Å². The van der Waals surface area contributed by atoms with Crippen molar-refractivity contribution in [1.29, 1.82) is 0 Å². The molecule has 1 aromatic heterocycles. The van der Waals surface area contributed by atoms with Crippen LogP contribution in [0.4, 0.5) is 5.69 Å². The van der Waals surface area contributed by atoms with Gasteiger partial charge in [-0.25, -0.2) is 0 Å². The highest BCUT2D eigenvalue weighted by molar-refractivity contribution is 9.10. The summed E-state index contributed by atoms with van der Waals surface area (Å²) in [6.45, 7) is 1.79. The zero-order valence-corrected chi connectivity index (χ0v) is 13.4. The molecular formula is C13H13BrN4OS. The van der Waals surface area contributed by atoms with Crippen LogP contribution < -0.4 is 11.1 Å². The Hall–Kier alpha value is -1.73. The summed E-state index contributed by atoms with van der Waals surface area (Å²) in [5.41, 5.74) is 8.17. The third-order valence-corrected chi connectivity index (χ3v) is 3.65. The highest BCUT2D eigenvalue weighted by Crippen LogP contribution is 2.24. The van der Waals surface area contributed by atoms with Gasteiger partial charge in [-0.05, 0) is 41.1 Å². The lowest BCUT2D eigenvalue weighted by Gasteiger charge is -2.08. The van der Waals surface area contributed by atoms with Gasteiger partial charge >= 0.3 is 0 Å². The number of amides is 1. The molecule has 0 unspecified atom stereocenters. The lowest BCUT2D eigenvalue weighted by molar-refractivity contribution is 0.102. The first kappa shape index (κ1) is 14.7. The van der Waals surface area contributed by atoms with Crippen LogP contribution in [0.15, 0.2) is 28.9 Å². The Morgan fingerprint density at radius 2 is 2.20 bits per heavy atom. The molecule has 0 aliphatic carbocycles. The van der Waals surface area contributed by atoms with E-state index >= 15 is 0 Å². The molecule has 3 N–H and O–H groups in total. The van der Waals surface area contributed by atoms with E-state index in [2.05, 4.69) is 26.3 Å². The standard InChI is InChI=1S/C13H13BrN4OS/c1-7-9(6-18(2)17-7)13(19)16-11-4-3-8(12(15)20)5-10(11)14/h3-6H,1-2H3,(H2,15,20)(H,16,19). The minimum Gasteiger partial charge on any atom is -0.389 e. The summed E-state index contributed by atoms with van der Waals surface area (Å²) < 4.78 is 2.33. The molecule has 5 nitrogen and oxygen atoms in total. The number of halogens is 1. The Balaban J connectivity index is 2.24. The molecule has 104 valence electrons. The van der Waals surface area contributed by atoms with Crippen LogP contribution >= 0.6 is 28.1 Å². The maximum absolute atomic E-state index is 12.2. The van der Waals surface area contributed by atoms with E-state index in [-0.39, 0.29) is 5.91 Å². The fourth-order valence-corrected chi connectivity index (χ4v) is 2.39. The van der Waals surface area contributed by atoms with E-state index in [4.69, 9.17) is 18.0 Å². The second kappa shape index (κ2) is 5.72. The van der Waals surface area contributed by atoms with Crippen molar-refractivity contribution in [1.82, 2.24) is 9.78 Å². The number of anilines is 1. The number of carbonyl (C=O) groups excluding carboxylic acids is 1. The van der Waals surface area contributed by atoms with Crippen molar-refractivity contribution >= 4 is 44.7 Å². The van der Waals surface area contributed by atoms with Gasteiger partial charge < -0.3 is 11.1 Å². The molecule has 0 fully saturated rings. The number of aryl methyl sites for hydroxylation is 2. The van der Waals surface area contributed by atoms with Crippen LogP contribution in [0.1, 0.15) is 21.6 Å². The summed E-state index contributed by atoms with van der Waals surface area (Å²) in [6.07, 6.45) is 1.68. The number of thiocarbonyl (C=S) groups is 1. The molecule has 0 aliphatic heterocycles. The molecule has 1 heterocycles. The van der Waals surface area contributed by atoms with Gasteiger partial charge in [0, 0.05) is 23.3 Å². The van der Waals surface area contributed by atoms with E-state index in [0.717, 1.165) is 10.0 Å². The Bertz CT molecular complexity index is 696. The van der Waals surface area contributed by atoms with Gasteiger partial charge in [0.25, 0.3) is 5.91 Å². The van der Waals surface area contributed by atoms with E-state index in [1.54, 1.807) is 43.0 Å². The number of carbonyl (C=O) groups is 1. The molecular weight excluding hydrogens is 340 g/mol. The first-order valence-electron chi connectivity index (χ1n) is 5.79. The lowest BCUT2D eigenvalue weighted by Crippen LogP contribution is -2.14. The molecule has 1 amide bonds. The molecule has 0 saturated carbocycles. The zero-order valence-electron chi connectivity index (χ0n) is 11.0. The van der Waals surface area contributed by atoms with Crippen LogP contribution in [0.25, 0.3) is 0 Å². The minimum absolute atomic E-state index is 0.209. The lowest BCUT2D eigenvalue weighted by atomic mass is 10.2. The van der Waals surface area contributed by atoms with Gasteiger partial charge in [0.15, 0.2) is 0 Å². The topological polar surface area (TPSA) is 72.9 Å². The smallest absolute Gasteiger partial charge is 0.259 e. The van der Waals surface area contributed by atoms with Gasteiger partial charge in [0.2, 0.25) is 0 Å². The largest absolute Gasteiger partial charge is 0.389 e. The Morgan fingerprint density at radius 1 is 1.50 bits per heavy atom. The third kappa shape index (κ3) is 3.05. The molecule has 0 aliphatic rings. The van der Waals surface area contributed by atoms with Crippen LogP contribution in [0, 0.1) is 6.92 Å². The second-order valence-electron chi connectivity index (χ2n) is 4.31. The van der Waals surface area contributed by atoms with Crippen molar-refractivity contribution in [3.05, 3.63) is 45.7 Å². The fourth-order valence-electron chi connectivity index (χ4n) is 1.78. The minimum atomic E-state index is -0.209. The van der Waals surface area contributed by atoms with Crippen molar-refractivity contribution in [3.63, 3.8) is 0 Å². The van der Waals surface area contributed by atoms with Crippen molar-refractivity contribution in [2.75, 3.05) is 5.32 Å². The first-order valence-corrected chi connectivity index (χ1v) is 6.99. The number of nitrogens with one attached hydrogen (secondary N) is 1. The van der Waals surface area contributed by atoms with E-state index in [9.17, 15) is 4.79 Å². The normalized spacial score (nSPS) is 10.3. The molecule has 2 rings (SSSR count). The highest BCUT2D eigenvalue weighted by Gasteiger charge is 2.14. The van der Waals surface area contributed by atoms with Crippen molar-refractivity contribution in [2.45, 2.75) is 6.92 Å². The maximum atomic E-state index is 12.2. The van der Waals surface area contributed by atoms with Gasteiger partial charge in [0.1, 0.15) is 4.99 Å². The van der Waals surface area contributed by atoms with Crippen molar-refractivity contribution in [2.24, 2.45) is 12.8 Å². The molecule has 0 spiro atoms. The van der Waals surface area contributed by atoms with Crippen molar-refractivity contribution < 1.29 is 4.79 Å². The first-order chi connectivity index (χ1) is 9.38. The van der Waals surface area contributed by atoms with Crippen LogP contribution in [-0.4, -0.2) is 20.7 Å². The summed E-state index contributed by atoms with van der Waals surface area (Å²) in [5.74, 6) is -0.209. The molecule has 2 aromatic rings. The van der Waals surface area contributed by atoms with Crippen LogP contribution in [0.2, 0.25) is 0 Å². The highest BCUT2D eigenvalue weighted by atomic mass is 79.9. The number of benzene rings is 1. The molecule has 20 heavy (non-hydrogen) atoms. The predicted octanol–water partition coefficient (Wildman–Crippen LogP) is 2.38. The SMILES string of the molecule is Cc1nn(C)cc1C(=O)Nc1ccc(C(N)=S)cc1Br. The van der Waals surface area contributed by atoms with Gasteiger partial charge in [-0.15, -0.1) is 0 Å². The van der Waals surface area contributed by atoms with Gasteiger partial charge in [-0.2, -0.15) is 5.10 Å². The van der Waals surface area contributed by atoms with E-state index < -0.39 is 0 Å². The number of hydrogen-bond acceptors (Lipinski definition) is 3. The summed E-state index contributed by atoms with van der Waals surface area (Å²) in [6, 6.07) is 5.29. The average molecular weight is 353 g/mol. The summed E-state index contributed by atoms with van der Waals surface area (Å²) in [7, 11) is 1.77. The van der Waals surface area contributed by atoms with E-state index in [1.807, 2.05) is 0 Å². The number of nitrogens with zero attached hydrogens (tertiary/aromatic N) is 2. The number of nitrogens with two attached hydrogens (primary N) is 1. The third-order valence-electron chi connectivity index (χ3n) is 2.76. The molecule has 7 heteroatoms. The summed E-state index contributed by atoms with van der Waals surface area (Å²) in [4.78, 5) is 12.5. The molecule has 0 bridgehead atoms. The number of hydrogen-bond donors (Lipinski definition) is 2. The maximum Gasteiger partial charge on any atom is 0.259 e. The van der Waals surface area contributed by atoms with Gasteiger partial charge in [-0.1, -0.05) is 12.2 Å². The van der Waals surface area contributed by atoms with Gasteiger partial charge in [0.05, 0.1) is 16.9 Å². The van der Waals surface area contributed by atoms with E-state index in [1.165, 1.54) is 0 Å². The summed E-state index contributed by atoms with van der Waals surface area (Å²) in [5, 5.41) is 6.97. The second-order valence-corrected chi connectivity index (χ2v) is 5.61. The van der Waals surface area contributed by atoms with Crippen molar-refractivity contribution in [3.8, 4) is 0 Å². The Kier molecular flexibility index (Phi) is 4.20. The predicted molar refractivity (Wildman–Crippen MR) is 85.9 cm³/mol. The quantitative estimate of drug-likeness (QED) is 0.831. The zero-order chi connectivity index (χ0) is 14.9. The van der Waals surface area contributed by atoms with Gasteiger partial charge in [-0.3, -0.25) is 9.48 Å². The Labute approximate surface area is 130 Å². The van der Waals surface area contributed by atoms with E-state index in [0.29, 0.717) is 21.9 Å². The monoisotopic (exact) mass is 352 g/mol. The molecule has 0 atom stereocenters. The van der Waals surface area contributed by atoms with Crippen LogP contribution in [-0.2, 0) is 7.05 Å². The fraction of sp³-hybridized carbons (Fsp3) is 0.154. The number of rotatable bonds is 3. The number of aromatic nitrogens is 2. The molecule has 0 radical (unpaired) electrons. The average Bonchev–Trinajstić information content (AvgIpc) is 2.70. The molecule has 1 aromatic carbocycles. The molecule has 0 saturated heterocycles. The van der Waals surface area contributed by atoms with Crippen LogP contribution in [0.3, 0.4) is 0 Å².